The summed E-state index contributed by atoms with van der Waals surface area (Å²) in [6.45, 7) is 0. The highest BCUT2D eigenvalue weighted by Crippen LogP contribution is 2.28. The molecule has 6 nitrogen and oxygen atoms in total. The first-order chi connectivity index (χ1) is 11.9. The maximum Gasteiger partial charge on any atom is 0.135 e. The first kappa shape index (κ1) is 13.0. The number of fused-ring (bicyclic) bond motifs is 2. The first-order valence-corrected chi connectivity index (χ1v) is 7.59. The Morgan fingerprint density at radius 2 is 1.75 bits per heavy atom. The molecule has 5 aromatic heterocycles. The number of rotatable bonds is 2. The number of aromatic nitrogens is 6. The standard InChI is InChI=1S/C18H12N6/c1-2-8-19-11(4-1)13-6-7-14-17(22-13)18(24-23-14)16-10-15-12(21-16)5-3-9-20-15/h1-10,21H,(H,23,24). The molecule has 0 spiro atoms. The summed E-state index contributed by atoms with van der Waals surface area (Å²) in [4.78, 5) is 16.8. The van der Waals surface area contributed by atoms with Gasteiger partial charge in [-0.15, -0.1) is 0 Å². The molecule has 0 amide bonds. The predicted octanol–water partition coefficient (Wildman–Crippen LogP) is 3.56. The zero-order valence-corrected chi connectivity index (χ0v) is 12.6. The minimum absolute atomic E-state index is 0.779. The van der Waals surface area contributed by atoms with E-state index in [1.54, 1.807) is 12.4 Å². The summed E-state index contributed by atoms with van der Waals surface area (Å²) >= 11 is 0. The van der Waals surface area contributed by atoms with Crippen molar-refractivity contribution in [3.05, 3.63) is 60.9 Å². The van der Waals surface area contributed by atoms with Crippen LogP contribution in [0.1, 0.15) is 0 Å². The summed E-state index contributed by atoms with van der Waals surface area (Å²) in [5.74, 6) is 0. The average Bonchev–Trinajstić information content (AvgIpc) is 3.25. The lowest BCUT2D eigenvalue weighted by Crippen LogP contribution is -1.87. The summed E-state index contributed by atoms with van der Waals surface area (Å²) in [6.07, 6.45) is 3.54. The van der Waals surface area contributed by atoms with Gasteiger partial charge in [-0.3, -0.25) is 15.1 Å². The van der Waals surface area contributed by atoms with E-state index in [-0.39, 0.29) is 0 Å². The van der Waals surface area contributed by atoms with E-state index in [0.29, 0.717) is 0 Å². The third-order valence-electron chi connectivity index (χ3n) is 3.98. The summed E-state index contributed by atoms with van der Waals surface area (Å²) in [5.41, 5.74) is 6.90. The van der Waals surface area contributed by atoms with Crippen molar-refractivity contribution >= 4 is 22.1 Å². The van der Waals surface area contributed by atoms with Gasteiger partial charge in [-0.1, -0.05) is 6.07 Å². The van der Waals surface area contributed by atoms with Gasteiger partial charge >= 0.3 is 0 Å². The zero-order valence-electron chi connectivity index (χ0n) is 12.6. The number of pyridine rings is 3. The van der Waals surface area contributed by atoms with Crippen LogP contribution in [0.4, 0.5) is 0 Å². The summed E-state index contributed by atoms with van der Waals surface area (Å²) in [6, 6.07) is 15.6. The molecule has 0 fully saturated rings. The lowest BCUT2D eigenvalue weighted by Gasteiger charge is -2.00. The van der Waals surface area contributed by atoms with Crippen LogP contribution in [0.15, 0.2) is 60.9 Å². The molecule has 0 aromatic carbocycles. The monoisotopic (exact) mass is 312 g/mol. The van der Waals surface area contributed by atoms with Crippen molar-refractivity contribution < 1.29 is 0 Å². The molecule has 0 aliphatic rings. The van der Waals surface area contributed by atoms with E-state index in [1.165, 1.54) is 0 Å². The van der Waals surface area contributed by atoms with Crippen LogP contribution in [0.5, 0.6) is 0 Å². The molecule has 5 heterocycles. The van der Waals surface area contributed by atoms with E-state index in [4.69, 9.17) is 4.98 Å². The number of hydrogen-bond donors (Lipinski definition) is 2. The second kappa shape index (κ2) is 4.99. The summed E-state index contributed by atoms with van der Waals surface area (Å²) < 4.78 is 0. The van der Waals surface area contributed by atoms with E-state index in [2.05, 4.69) is 25.1 Å². The highest BCUT2D eigenvalue weighted by Gasteiger charge is 2.14. The van der Waals surface area contributed by atoms with Crippen molar-refractivity contribution in [1.29, 1.82) is 0 Å². The number of aromatic amines is 2. The number of H-pyrrole nitrogens is 2. The maximum atomic E-state index is 4.76. The van der Waals surface area contributed by atoms with Crippen LogP contribution in [-0.4, -0.2) is 30.1 Å². The summed E-state index contributed by atoms with van der Waals surface area (Å²) in [5, 5.41) is 7.47. The largest absolute Gasteiger partial charge is 0.352 e. The Morgan fingerprint density at radius 3 is 2.62 bits per heavy atom. The van der Waals surface area contributed by atoms with Gasteiger partial charge in [0.2, 0.25) is 0 Å². The van der Waals surface area contributed by atoms with Crippen molar-refractivity contribution in [2.45, 2.75) is 0 Å². The van der Waals surface area contributed by atoms with Crippen LogP contribution >= 0.6 is 0 Å². The molecule has 5 aromatic rings. The molecule has 0 bridgehead atoms. The highest BCUT2D eigenvalue weighted by atomic mass is 15.1. The molecule has 5 rings (SSSR count). The lowest BCUT2D eigenvalue weighted by molar-refractivity contribution is 1.12. The second-order valence-corrected chi connectivity index (χ2v) is 5.50. The van der Waals surface area contributed by atoms with Crippen molar-refractivity contribution in [2.24, 2.45) is 0 Å². The Kier molecular flexibility index (Phi) is 2.69. The summed E-state index contributed by atoms with van der Waals surface area (Å²) in [7, 11) is 0. The molecule has 0 atom stereocenters. The molecule has 24 heavy (non-hydrogen) atoms. The fourth-order valence-electron chi connectivity index (χ4n) is 2.83. The van der Waals surface area contributed by atoms with Gasteiger partial charge in [0.05, 0.1) is 33.6 Å². The van der Waals surface area contributed by atoms with Crippen molar-refractivity contribution in [2.75, 3.05) is 0 Å². The Balaban J connectivity index is 1.71. The van der Waals surface area contributed by atoms with E-state index < -0.39 is 0 Å². The number of nitrogens with one attached hydrogen (secondary N) is 2. The normalized spacial score (nSPS) is 11.3. The van der Waals surface area contributed by atoms with Crippen LogP contribution in [0.25, 0.3) is 44.8 Å². The van der Waals surface area contributed by atoms with Gasteiger partial charge in [-0.05, 0) is 42.5 Å². The number of hydrogen-bond acceptors (Lipinski definition) is 4. The second-order valence-electron chi connectivity index (χ2n) is 5.50. The lowest BCUT2D eigenvalue weighted by atomic mass is 10.2. The van der Waals surface area contributed by atoms with Crippen LogP contribution in [0, 0.1) is 0 Å². The molecule has 114 valence electrons. The quantitative estimate of drug-likeness (QED) is 0.522. The van der Waals surface area contributed by atoms with E-state index >= 15 is 0 Å². The molecule has 0 radical (unpaired) electrons. The molecule has 0 saturated carbocycles. The molecule has 0 aliphatic heterocycles. The van der Waals surface area contributed by atoms with Gasteiger partial charge < -0.3 is 4.98 Å². The van der Waals surface area contributed by atoms with Gasteiger partial charge in [0, 0.05) is 12.4 Å². The molecule has 2 N–H and O–H groups in total. The van der Waals surface area contributed by atoms with E-state index in [9.17, 15) is 0 Å². The van der Waals surface area contributed by atoms with Gasteiger partial charge in [0.15, 0.2) is 0 Å². The van der Waals surface area contributed by atoms with Gasteiger partial charge in [-0.25, -0.2) is 4.98 Å². The van der Waals surface area contributed by atoms with Crippen LogP contribution < -0.4 is 0 Å². The van der Waals surface area contributed by atoms with Gasteiger partial charge in [0.1, 0.15) is 11.2 Å². The minimum Gasteiger partial charge on any atom is -0.352 e. The smallest absolute Gasteiger partial charge is 0.135 e. The van der Waals surface area contributed by atoms with E-state index in [0.717, 1.165) is 44.8 Å². The van der Waals surface area contributed by atoms with E-state index in [1.807, 2.05) is 48.5 Å². The highest BCUT2D eigenvalue weighted by molar-refractivity contribution is 5.93. The fraction of sp³-hybridized carbons (Fsp3) is 0. The minimum atomic E-state index is 0.779. The molecule has 0 unspecified atom stereocenters. The topological polar surface area (TPSA) is 83.1 Å². The Labute approximate surface area is 136 Å². The van der Waals surface area contributed by atoms with Crippen LogP contribution in [-0.2, 0) is 0 Å². The third kappa shape index (κ3) is 1.97. The van der Waals surface area contributed by atoms with Crippen LogP contribution in [0.3, 0.4) is 0 Å². The molecular formula is C18H12N6. The molecule has 6 heteroatoms. The Hall–Kier alpha value is -3.54. The number of nitrogens with zero attached hydrogens (tertiary/aromatic N) is 4. The molecular weight excluding hydrogens is 300 g/mol. The molecule has 0 saturated heterocycles. The Bertz CT molecular complexity index is 1120. The van der Waals surface area contributed by atoms with Crippen molar-refractivity contribution in [3.63, 3.8) is 0 Å². The van der Waals surface area contributed by atoms with Gasteiger partial charge in [-0.2, -0.15) is 5.10 Å². The first-order valence-electron chi connectivity index (χ1n) is 7.59. The van der Waals surface area contributed by atoms with Crippen molar-refractivity contribution in [1.82, 2.24) is 30.1 Å². The van der Waals surface area contributed by atoms with Crippen molar-refractivity contribution in [3.8, 4) is 22.8 Å². The maximum absolute atomic E-state index is 4.76. The Morgan fingerprint density at radius 1 is 0.792 bits per heavy atom. The SMILES string of the molecule is c1ccc(-c2ccc3[nH]nc(-c4cc5ncccc5[nH]4)c3n2)nc1. The van der Waals surface area contributed by atoms with Crippen LogP contribution in [0.2, 0.25) is 0 Å². The predicted molar refractivity (Wildman–Crippen MR) is 92.2 cm³/mol. The zero-order chi connectivity index (χ0) is 15.9. The third-order valence-corrected chi connectivity index (χ3v) is 3.98. The fourth-order valence-corrected chi connectivity index (χ4v) is 2.83. The molecule has 0 aliphatic carbocycles. The van der Waals surface area contributed by atoms with Gasteiger partial charge in [0.25, 0.3) is 0 Å². The average molecular weight is 312 g/mol.